The molecule has 2 rings (SSSR count). The average molecular weight is 357 g/mol. The van der Waals surface area contributed by atoms with Gasteiger partial charge in [-0.15, -0.1) is 11.8 Å². The van der Waals surface area contributed by atoms with Crippen LogP contribution >= 0.6 is 27.7 Å². The highest BCUT2D eigenvalue weighted by molar-refractivity contribution is 9.10. The largest absolute Gasteiger partial charge is 0.353 e. The normalized spacial score (nSPS) is 18.9. The molecule has 1 heterocycles. The molecule has 1 unspecified atom stereocenters. The van der Waals surface area contributed by atoms with Crippen LogP contribution in [-0.4, -0.2) is 41.6 Å². The van der Waals surface area contributed by atoms with Gasteiger partial charge in [0.25, 0.3) is 0 Å². The molecule has 1 N–H and O–H groups in total. The molecule has 2 amide bonds. The van der Waals surface area contributed by atoms with Gasteiger partial charge in [-0.2, -0.15) is 0 Å². The number of nitrogens with zero attached hydrogens (tertiary/aromatic N) is 1. The zero-order chi connectivity index (χ0) is 14.7. The van der Waals surface area contributed by atoms with Gasteiger partial charge in [0.05, 0.1) is 5.75 Å². The maximum absolute atomic E-state index is 12.2. The van der Waals surface area contributed by atoms with Gasteiger partial charge in [-0.1, -0.05) is 15.9 Å². The lowest BCUT2D eigenvalue weighted by Gasteiger charge is -2.32. The van der Waals surface area contributed by atoms with Gasteiger partial charge in [-0.3, -0.25) is 9.59 Å². The van der Waals surface area contributed by atoms with E-state index in [0.717, 1.165) is 14.9 Å². The van der Waals surface area contributed by atoms with Crippen molar-refractivity contribution in [2.45, 2.75) is 24.8 Å². The van der Waals surface area contributed by atoms with Gasteiger partial charge >= 0.3 is 0 Å². The first-order valence-corrected chi connectivity index (χ1v) is 8.23. The first-order chi connectivity index (χ1) is 9.49. The van der Waals surface area contributed by atoms with Crippen molar-refractivity contribution in [1.82, 2.24) is 10.2 Å². The standard InChI is InChI=1S/C14H17BrN2O2S/c1-9-7-11(15)3-4-12(9)20-8-13(18)17-6-5-16-14(19)10(17)2/h3-4,7,10H,5-6,8H2,1-2H3,(H,16,19). The number of hydrogen-bond donors (Lipinski definition) is 1. The Hall–Kier alpha value is -1.01. The van der Waals surface area contributed by atoms with E-state index in [1.54, 1.807) is 11.8 Å². The van der Waals surface area contributed by atoms with E-state index < -0.39 is 0 Å². The summed E-state index contributed by atoms with van der Waals surface area (Å²) in [6.07, 6.45) is 0. The summed E-state index contributed by atoms with van der Waals surface area (Å²) in [6, 6.07) is 5.63. The molecule has 0 radical (unpaired) electrons. The number of thioether (sulfide) groups is 1. The van der Waals surface area contributed by atoms with Gasteiger partial charge in [-0.05, 0) is 37.6 Å². The van der Waals surface area contributed by atoms with Crippen molar-refractivity contribution in [3.63, 3.8) is 0 Å². The maximum Gasteiger partial charge on any atom is 0.242 e. The average Bonchev–Trinajstić information content (AvgIpc) is 2.40. The molecule has 0 aromatic heterocycles. The molecule has 0 aliphatic carbocycles. The molecule has 1 aromatic rings. The summed E-state index contributed by atoms with van der Waals surface area (Å²) in [4.78, 5) is 26.5. The summed E-state index contributed by atoms with van der Waals surface area (Å²) in [5.41, 5.74) is 1.14. The smallest absolute Gasteiger partial charge is 0.242 e. The van der Waals surface area contributed by atoms with Crippen molar-refractivity contribution in [2.24, 2.45) is 0 Å². The van der Waals surface area contributed by atoms with Crippen molar-refractivity contribution in [3.8, 4) is 0 Å². The number of carbonyl (C=O) groups is 2. The number of hydrogen-bond acceptors (Lipinski definition) is 3. The van der Waals surface area contributed by atoms with Crippen LogP contribution < -0.4 is 5.32 Å². The fraction of sp³-hybridized carbons (Fsp3) is 0.429. The third-order valence-corrected chi connectivity index (χ3v) is 4.96. The van der Waals surface area contributed by atoms with Crippen LogP contribution in [-0.2, 0) is 9.59 Å². The Bertz CT molecular complexity index is 536. The van der Waals surface area contributed by atoms with Crippen LogP contribution in [0.15, 0.2) is 27.6 Å². The van der Waals surface area contributed by atoms with Gasteiger partial charge in [0.1, 0.15) is 6.04 Å². The minimum absolute atomic E-state index is 0.0136. The highest BCUT2D eigenvalue weighted by atomic mass is 79.9. The van der Waals surface area contributed by atoms with Crippen LogP contribution in [0, 0.1) is 6.92 Å². The first-order valence-electron chi connectivity index (χ1n) is 6.45. The van der Waals surface area contributed by atoms with Crippen molar-refractivity contribution in [1.29, 1.82) is 0 Å². The minimum Gasteiger partial charge on any atom is -0.353 e. The Kier molecular flexibility index (Phi) is 5.10. The Morgan fingerprint density at radius 1 is 1.55 bits per heavy atom. The molecule has 20 heavy (non-hydrogen) atoms. The first kappa shape index (κ1) is 15.4. The molecule has 1 atom stereocenters. The van der Waals surface area contributed by atoms with Crippen LogP contribution in [0.5, 0.6) is 0 Å². The molecule has 1 saturated heterocycles. The number of aryl methyl sites for hydroxylation is 1. The molecule has 108 valence electrons. The second-order valence-corrected chi connectivity index (χ2v) is 6.69. The Balaban J connectivity index is 1.96. The van der Waals surface area contributed by atoms with Crippen molar-refractivity contribution < 1.29 is 9.59 Å². The van der Waals surface area contributed by atoms with E-state index in [2.05, 4.69) is 21.2 Å². The maximum atomic E-state index is 12.2. The van der Waals surface area contributed by atoms with E-state index in [1.165, 1.54) is 11.8 Å². The van der Waals surface area contributed by atoms with Crippen molar-refractivity contribution in [3.05, 3.63) is 28.2 Å². The number of benzene rings is 1. The second-order valence-electron chi connectivity index (χ2n) is 4.75. The topological polar surface area (TPSA) is 49.4 Å². The molecule has 6 heteroatoms. The summed E-state index contributed by atoms with van der Waals surface area (Å²) in [6.45, 7) is 4.92. The number of piperazine rings is 1. The van der Waals surface area contributed by atoms with Gasteiger partial charge in [-0.25, -0.2) is 0 Å². The van der Waals surface area contributed by atoms with E-state index >= 15 is 0 Å². The third-order valence-electron chi connectivity index (χ3n) is 3.31. The van der Waals surface area contributed by atoms with E-state index in [1.807, 2.05) is 25.1 Å². The molecule has 4 nitrogen and oxygen atoms in total. The van der Waals surface area contributed by atoms with Crippen LogP contribution in [0.4, 0.5) is 0 Å². The summed E-state index contributed by atoms with van der Waals surface area (Å²) < 4.78 is 1.03. The number of amides is 2. The van der Waals surface area contributed by atoms with Gasteiger partial charge in [0.15, 0.2) is 0 Å². The summed E-state index contributed by atoms with van der Waals surface area (Å²) >= 11 is 4.94. The molecule has 0 saturated carbocycles. The predicted molar refractivity (Wildman–Crippen MR) is 83.8 cm³/mol. The summed E-state index contributed by atoms with van der Waals surface area (Å²) in [7, 11) is 0. The quantitative estimate of drug-likeness (QED) is 0.844. The molecular formula is C14H17BrN2O2S. The lowest BCUT2D eigenvalue weighted by molar-refractivity contribution is -0.140. The van der Waals surface area contributed by atoms with Gasteiger partial charge in [0.2, 0.25) is 11.8 Å². The van der Waals surface area contributed by atoms with Crippen LogP contribution in [0.2, 0.25) is 0 Å². The number of carbonyl (C=O) groups excluding carboxylic acids is 2. The SMILES string of the molecule is Cc1cc(Br)ccc1SCC(=O)N1CCNC(=O)C1C. The van der Waals surface area contributed by atoms with Crippen molar-refractivity contribution in [2.75, 3.05) is 18.8 Å². The van der Waals surface area contributed by atoms with E-state index in [0.29, 0.717) is 18.8 Å². The molecule has 0 bridgehead atoms. The van der Waals surface area contributed by atoms with Crippen LogP contribution in [0.1, 0.15) is 12.5 Å². The molecule has 0 spiro atoms. The molecule has 1 fully saturated rings. The Morgan fingerprint density at radius 3 is 3.00 bits per heavy atom. The second kappa shape index (κ2) is 6.63. The molecule has 1 aliphatic rings. The zero-order valence-electron chi connectivity index (χ0n) is 11.5. The minimum atomic E-state index is -0.372. The van der Waals surface area contributed by atoms with Crippen LogP contribution in [0.3, 0.4) is 0 Å². The predicted octanol–water partition coefficient (Wildman–Crippen LogP) is 2.20. The van der Waals surface area contributed by atoms with Crippen LogP contribution in [0.25, 0.3) is 0 Å². The zero-order valence-corrected chi connectivity index (χ0v) is 13.9. The fourth-order valence-corrected chi connectivity index (χ4v) is 3.49. The lowest BCUT2D eigenvalue weighted by atomic mass is 10.2. The van der Waals surface area contributed by atoms with Gasteiger partial charge in [0, 0.05) is 22.5 Å². The Morgan fingerprint density at radius 2 is 2.30 bits per heavy atom. The van der Waals surface area contributed by atoms with E-state index in [4.69, 9.17) is 0 Å². The molecular weight excluding hydrogens is 340 g/mol. The highest BCUT2D eigenvalue weighted by Gasteiger charge is 2.28. The number of halogens is 1. The molecule has 1 aliphatic heterocycles. The lowest BCUT2D eigenvalue weighted by Crippen LogP contribution is -2.56. The fourth-order valence-electron chi connectivity index (χ4n) is 2.12. The number of nitrogens with one attached hydrogen (secondary N) is 1. The molecule has 1 aromatic carbocycles. The van der Waals surface area contributed by atoms with E-state index in [-0.39, 0.29) is 17.9 Å². The monoisotopic (exact) mass is 356 g/mol. The highest BCUT2D eigenvalue weighted by Crippen LogP contribution is 2.25. The Labute approximate surface area is 131 Å². The van der Waals surface area contributed by atoms with E-state index in [9.17, 15) is 9.59 Å². The summed E-state index contributed by atoms with van der Waals surface area (Å²) in [5, 5.41) is 2.76. The van der Waals surface area contributed by atoms with Crippen molar-refractivity contribution >= 4 is 39.5 Å². The third kappa shape index (κ3) is 3.55. The van der Waals surface area contributed by atoms with Gasteiger partial charge < -0.3 is 10.2 Å². The number of rotatable bonds is 3. The summed E-state index contributed by atoms with van der Waals surface area (Å²) in [5.74, 6) is 0.300.